The Kier molecular flexibility index (Phi) is 14.1. The van der Waals surface area contributed by atoms with Gasteiger partial charge in [-0.2, -0.15) is 0 Å². The summed E-state index contributed by atoms with van der Waals surface area (Å²) in [5.74, 6) is -5.39. The van der Waals surface area contributed by atoms with Crippen LogP contribution in [0.15, 0.2) is 61.7 Å². The van der Waals surface area contributed by atoms with E-state index in [-0.39, 0.29) is 52.0 Å². The van der Waals surface area contributed by atoms with Crippen molar-refractivity contribution in [2.75, 3.05) is 0 Å². The van der Waals surface area contributed by atoms with Crippen molar-refractivity contribution in [2.45, 2.75) is 60.3 Å². The molecule has 0 heterocycles. The molecule has 0 spiro atoms. The first kappa shape index (κ1) is 34.6. The average Bonchev–Trinajstić information content (AvgIpc) is 3.27. The summed E-state index contributed by atoms with van der Waals surface area (Å²) >= 11 is 0. The summed E-state index contributed by atoms with van der Waals surface area (Å²) in [7, 11) is 0. The minimum absolute atomic E-state index is 0.0145. The number of hydrogen-bond acceptors (Lipinski definition) is 7. The van der Waals surface area contributed by atoms with Crippen LogP contribution in [0.5, 0.6) is 0 Å². The van der Waals surface area contributed by atoms with Gasteiger partial charge in [0, 0.05) is 46.2 Å². The van der Waals surface area contributed by atoms with Gasteiger partial charge in [0.1, 0.15) is 11.7 Å². The highest BCUT2D eigenvalue weighted by Gasteiger charge is 2.42. The summed E-state index contributed by atoms with van der Waals surface area (Å²) in [6.07, 6.45) is 6.60. The molecule has 2 aromatic rings. The fraction of sp³-hybridized carbons (Fsp3) is 0.324. The number of carbonyl (C=O) groups excluding carboxylic acids is 7. The molecule has 1 aliphatic rings. The van der Waals surface area contributed by atoms with Crippen molar-refractivity contribution < 1.29 is 33.6 Å². The predicted octanol–water partition coefficient (Wildman–Crippen LogP) is 6.67. The lowest BCUT2D eigenvalue weighted by Crippen LogP contribution is -2.24. The summed E-state index contributed by atoms with van der Waals surface area (Å²) in [4.78, 5) is 86.5. The Bertz CT molecular complexity index is 1360. The molecular formula is C34H38O7. The third-order valence-corrected chi connectivity index (χ3v) is 6.52. The molecule has 2 unspecified atom stereocenters. The molecule has 216 valence electrons. The molecule has 7 nitrogen and oxygen atoms in total. The van der Waals surface area contributed by atoms with Crippen LogP contribution in [0.4, 0.5) is 0 Å². The van der Waals surface area contributed by atoms with Crippen LogP contribution in [-0.4, -0.2) is 41.0 Å². The van der Waals surface area contributed by atoms with Crippen LogP contribution in [-0.2, 0) is 9.59 Å². The van der Waals surface area contributed by atoms with Gasteiger partial charge in [-0.15, -0.1) is 13.2 Å². The van der Waals surface area contributed by atoms with Crippen molar-refractivity contribution in [3.63, 3.8) is 0 Å². The lowest BCUT2D eigenvalue weighted by molar-refractivity contribution is -0.121. The van der Waals surface area contributed by atoms with Gasteiger partial charge in [0.2, 0.25) is 0 Å². The lowest BCUT2D eigenvalue weighted by Gasteiger charge is -2.12. The highest BCUT2D eigenvalue weighted by Crippen LogP contribution is 2.30. The highest BCUT2D eigenvalue weighted by atomic mass is 16.2. The summed E-state index contributed by atoms with van der Waals surface area (Å²) in [5.41, 5.74) is 0.310. The van der Waals surface area contributed by atoms with Gasteiger partial charge in [-0.05, 0) is 38.0 Å². The second kappa shape index (κ2) is 16.7. The van der Waals surface area contributed by atoms with Crippen molar-refractivity contribution in [1.29, 1.82) is 0 Å². The molecule has 0 aromatic heterocycles. The number of aldehydes is 1. The van der Waals surface area contributed by atoms with Crippen LogP contribution in [0.3, 0.4) is 0 Å². The predicted molar refractivity (Wildman–Crippen MR) is 159 cm³/mol. The minimum atomic E-state index is -1.37. The van der Waals surface area contributed by atoms with E-state index in [0.717, 1.165) is 12.8 Å². The van der Waals surface area contributed by atoms with E-state index in [4.69, 9.17) is 0 Å². The van der Waals surface area contributed by atoms with E-state index in [0.29, 0.717) is 6.29 Å². The fourth-order valence-corrected chi connectivity index (χ4v) is 3.90. The van der Waals surface area contributed by atoms with Gasteiger partial charge in [0.15, 0.2) is 35.2 Å². The van der Waals surface area contributed by atoms with Gasteiger partial charge in [0.25, 0.3) is 0 Å². The molecule has 41 heavy (non-hydrogen) atoms. The quantitative estimate of drug-likeness (QED) is 0.131. The first-order chi connectivity index (χ1) is 19.5. The van der Waals surface area contributed by atoms with Gasteiger partial charge in [-0.1, -0.05) is 58.0 Å². The number of allylic oxidation sites excluding steroid dienone is 2. The maximum Gasteiger partial charge on any atom is 0.193 e. The number of carbonyl (C=O) groups is 7. The van der Waals surface area contributed by atoms with Gasteiger partial charge in [-0.3, -0.25) is 33.6 Å². The van der Waals surface area contributed by atoms with Crippen molar-refractivity contribution in [3.8, 4) is 0 Å². The molecule has 0 saturated heterocycles. The lowest BCUT2D eigenvalue weighted by atomic mass is 9.89. The average molecular weight is 559 g/mol. The maximum atomic E-state index is 13.1. The van der Waals surface area contributed by atoms with Gasteiger partial charge >= 0.3 is 0 Å². The van der Waals surface area contributed by atoms with Crippen LogP contribution < -0.4 is 0 Å². The van der Waals surface area contributed by atoms with E-state index in [9.17, 15) is 33.6 Å². The summed E-state index contributed by atoms with van der Waals surface area (Å²) < 4.78 is 0. The van der Waals surface area contributed by atoms with E-state index < -0.39 is 40.8 Å². The Morgan fingerprint density at radius 2 is 1.32 bits per heavy atom. The number of hydrogen-bond donors (Lipinski definition) is 0. The summed E-state index contributed by atoms with van der Waals surface area (Å²) in [5, 5.41) is 0. The Morgan fingerprint density at radius 1 is 0.805 bits per heavy atom. The molecule has 3 rings (SSSR count). The molecule has 2 aromatic carbocycles. The SMILES string of the molecule is C=CCC.C=CCC.CCC(=O)C(C)C(=O)c1cc(C(=O)c2ccc3c(c2)C(=O)C(C(=O)CC)C3=O)ccc1C=O. The van der Waals surface area contributed by atoms with E-state index in [1.807, 2.05) is 12.2 Å². The Balaban J connectivity index is 0.000000930. The molecule has 0 bridgehead atoms. The van der Waals surface area contributed by atoms with E-state index in [1.54, 1.807) is 13.8 Å². The van der Waals surface area contributed by atoms with Crippen molar-refractivity contribution in [3.05, 3.63) is 95.1 Å². The third kappa shape index (κ3) is 8.30. The molecule has 0 N–H and O–H groups in total. The van der Waals surface area contributed by atoms with E-state index in [1.165, 1.54) is 43.3 Å². The van der Waals surface area contributed by atoms with Crippen LogP contribution in [0.25, 0.3) is 0 Å². The van der Waals surface area contributed by atoms with Crippen LogP contribution >= 0.6 is 0 Å². The number of Topliss-reactive ketones (excluding diaryl/α,β-unsaturated/α-hetero) is 5. The third-order valence-electron chi connectivity index (χ3n) is 6.52. The van der Waals surface area contributed by atoms with Crippen molar-refractivity contribution in [1.82, 2.24) is 0 Å². The zero-order valence-electron chi connectivity index (χ0n) is 24.5. The van der Waals surface area contributed by atoms with Gasteiger partial charge in [0.05, 0.1) is 5.92 Å². The highest BCUT2D eigenvalue weighted by molar-refractivity contribution is 6.36. The zero-order valence-corrected chi connectivity index (χ0v) is 24.5. The monoisotopic (exact) mass is 558 g/mol. The normalized spacial score (nSPS) is 13.8. The Morgan fingerprint density at radius 3 is 1.80 bits per heavy atom. The number of rotatable bonds is 11. The second-order valence-corrected chi connectivity index (χ2v) is 9.29. The van der Waals surface area contributed by atoms with Crippen molar-refractivity contribution >= 4 is 41.0 Å². The smallest absolute Gasteiger partial charge is 0.193 e. The van der Waals surface area contributed by atoms with E-state index in [2.05, 4.69) is 27.0 Å². The number of ketones is 6. The first-order valence-corrected chi connectivity index (χ1v) is 13.7. The minimum Gasteiger partial charge on any atom is -0.299 e. The number of benzene rings is 2. The van der Waals surface area contributed by atoms with Crippen LogP contribution in [0, 0.1) is 11.8 Å². The zero-order chi connectivity index (χ0) is 31.3. The molecule has 7 heteroatoms. The second-order valence-electron chi connectivity index (χ2n) is 9.29. The Labute approximate surface area is 241 Å². The van der Waals surface area contributed by atoms with Crippen molar-refractivity contribution in [2.24, 2.45) is 11.8 Å². The van der Waals surface area contributed by atoms with Gasteiger partial charge in [-0.25, -0.2) is 0 Å². The van der Waals surface area contributed by atoms with Gasteiger partial charge < -0.3 is 0 Å². The molecule has 0 radical (unpaired) electrons. The molecule has 0 saturated carbocycles. The Hall–Kier alpha value is -4.39. The molecule has 0 amide bonds. The molecule has 0 aliphatic heterocycles. The first-order valence-electron chi connectivity index (χ1n) is 13.7. The van der Waals surface area contributed by atoms with Crippen LogP contribution in [0.2, 0.25) is 0 Å². The summed E-state index contributed by atoms with van der Waals surface area (Å²) in [6, 6.07) is 7.97. The van der Waals surface area contributed by atoms with E-state index >= 15 is 0 Å². The molecule has 1 aliphatic carbocycles. The molecular weight excluding hydrogens is 520 g/mol. The molecule has 0 fully saturated rings. The fourth-order valence-electron chi connectivity index (χ4n) is 3.90. The summed E-state index contributed by atoms with van der Waals surface area (Å²) in [6.45, 7) is 15.7. The number of fused-ring (bicyclic) bond motifs is 1. The standard InChI is InChI=1S/C26H22O7.2C4H8/c1-4-20(28)13(3)23(30)18-10-14(6-7-16(18)12-27)24(31)15-8-9-17-19(11-15)26(33)22(25(17)32)21(29)5-2;2*1-3-4-2/h6-13,22H,4-5H2,1-3H3;2*3H,1,4H2,2H3. The largest absolute Gasteiger partial charge is 0.299 e. The van der Waals surface area contributed by atoms with Crippen LogP contribution in [0.1, 0.15) is 118 Å². The molecule has 2 atom stereocenters. The maximum absolute atomic E-state index is 13.1. The topological polar surface area (TPSA) is 119 Å².